The molecule has 8 heteroatoms. The summed E-state index contributed by atoms with van der Waals surface area (Å²) < 4.78 is 10.8. The van der Waals surface area contributed by atoms with Gasteiger partial charge < -0.3 is 19.4 Å². The molecule has 1 N–H and O–H groups in total. The maximum absolute atomic E-state index is 12.8. The van der Waals surface area contributed by atoms with Gasteiger partial charge in [-0.25, -0.2) is 4.98 Å². The first-order valence-electron chi connectivity index (χ1n) is 11.5. The molecule has 3 aliphatic heterocycles. The molecule has 32 heavy (non-hydrogen) atoms. The van der Waals surface area contributed by atoms with Crippen molar-refractivity contribution < 1.29 is 14.3 Å². The molecule has 170 valence electrons. The molecule has 1 aromatic carbocycles. The minimum Gasteiger partial charge on any atom is -0.497 e. The number of carbonyl (C=O) groups excluding carboxylic acids is 1. The van der Waals surface area contributed by atoms with Crippen LogP contribution in [0.25, 0.3) is 0 Å². The van der Waals surface area contributed by atoms with E-state index in [1.165, 1.54) is 5.56 Å². The fourth-order valence-electron chi connectivity index (χ4n) is 4.99. The summed E-state index contributed by atoms with van der Waals surface area (Å²) in [4.78, 5) is 37.5. The molecule has 2 atom stereocenters. The van der Waals surface area contributed by atoms with Gasteiger partial charge in [-0.2, -0.15) is 0 Å². The minimum absolute atomic E-state index is 0.0296. The summed E-state index contributed by atoms with van der Waals surface area (Å²) in [5, 5.41) is 0. The summed E-state index contributed by atoms with van der Waals surface area (Å²) in [5.41, 5.74) is 2.84. The van der Waals surface area contributed by atoms with Crippen LogP contribution in [0.15, 0.2) is 29.1 Å². The maximum atomic E-state index is 12.8. The average Bonchev–Trinajstić information content (AvgIpc) is 3.52. The first-order chi connectivity index (χ1) is 15.6. The number of methoxy groups -OCH3 is 1. The van der Waals surface area contributed by atoms with E-state index < -0.39 is 0 Å². The lowest BCUT2D eigenvalue weighted by atomic mass is 10.0. The molecule has 1 aromatic heterocycles. The van der Waals surface area contributed by atoms with Gasteiger partial charge in [-0.15, -0.1) is 0 Å². The molecule has 2 saturated heterocycles. The Labute approximate surface area is 187 Å². The molecule has 5 rings (SSSR count). The van der Waals surface area contributed by atoms with Crippen molar-refractivity contribution in [2.75, 3.05) is 33.4 Å². The predicted octanol–water partition coefficient (Wildman–Crippen LogP) is 1.83. The van der Waals surface area contributed by atoms with Crippen LogP contribution in [0.4, 0.5) is 0 Å². The molecule has 0 bridgehead atoms. The topological polar surface area (TPSA) is 87.8 Å². The molecular formula is C24H30N4O4. The molecular weight excluding hydrogens is 408 g/mol. The molecule has 0 saturated carbocycles. The van der Waals surface area contributed by atoms with Gasteiger partial charge in [0.05, 0.1) is 12.8 Å². The largest absolute Gasteiger partial charge is 0.497 e. The monoisotopic (exact) mass is 438 g/mol. The summed E-state index contributed by atoms with van der Waals surface area (Å²) >= 11 is 0. The number of benzene rings is 1. The number of aromatic nitrogens is 2. The number of carbonyl (C=O) groups is 1. The zero-order valence-corrected chi connectivity index (χ0v) is 18.5. The molecule has 2 fully saturated rings. The number of hydrogen-bond acceptors (Lipinski definition) is 6. The van der Waals surface area contributed by atoms with Crippen molar-refractivity contribution >= 4 is 5.91 Å². The van der Waals surface area contributed by atoms with Crippen molar-refractivity contribution in [2.45, 2.75) is 50.8 Å². The van der Waals surface area contributed by atoms with Gasteiger partial charge in [0.2, 0.25) is 0 Å². The number of rotatable bonds is 5. The zero-order valence-electron chi connectivity index (χ0n) is 18.5. The summed E-state index contributed by atoms with van der Waals surface area (Å²) in [6.07, 6.45) is 2.96. The van der Waals surface area contributed by atoms with Crippen molar-refractivity contribution in [1.82, 2.24) is 19.8 Å². The molecule has 0 spiro atoms. The Kier molecular flexibility index (Phi) is 5.97. The van der Waals surface area contributed by atoms with Crippen molar-refractivity contribution in [3.05, 3.63) is 57.3 Å². The van der Waals surface area contributed by atoms with Gasteiger partial charge in [-0.1, -0.05) is 12.1 Å². The number of nitrogens with one attached hydrogen (secondary N) is 1. The minimum atomic E-state index is -0.296. The smallest absolute Gasteiger partial charge is 0.254 e. The molecule has 8 nitrogen and oxygen atoms in total. The fourth-order valence-corrected chi connectivity index (χ4v) is 4.99. The van der Waals surface area contributed by atoms with Crippen LogP contribution in [0.1, 0.15) is 47.8 Å². The first-order valence-corrected chi connectivity index (χ1v) is 11.5. The number of aromatic amines is 1. The highest BCUT2D eigenvalue weighted by molar-refractivity contribution is 5.81. The third kappa shape index (κ3) is 4.29. The molecule has 0 aliphatic carbocycles. The third-order valence-electron chi connectivity index (χ3n) is 6.83. The van der Waals surface area contributed by atoms with E-state index in [-0.39, 0.29) is 23.5 Å². The van der Waals surface area contributed by atoms with Crippen molar-refractivity contribution in [2.24, 2.45) is 0 Å². The molecule has 3 aliphatic rings. The van der Waals surface area contributed by atoms with Gasteiger partial charge in [0.15, 0.2) is 0 Å². The van der Waals surface area contributed by atoms with Gasteiger partial charge >= 0.3 is 0 Å². The maximum Gasteiger partial charge on any atom is 0.254 e. The van der Waals surface area contributed by atoms with Gasteiger partial charge in [0.25, 0.3) is 11.5 Å². The summed E-state index contributed by atoms with van der Waals surface area (Å²) in [7, 11) is 1.67. The number of ether oxygens (including phenoxy) is 2. The van der Waals surface area contributed by atoms with Crippen LogP contribution in [0, 0.1) is 0 Å². The van der Waals surface area contributed by atoms with E-state index in [1.54, 1.807) is 7.11 Å². The molecule has 4 heterocycles. The Balaban J connectivity index is 1.27. The van der Waals surface area contributed by atoms with Crippen LogP contribution in [0.2, 0.25) is 0 Å². The van der Waals surface area contributed by atoms with Crippen molar-refractivity contribution in [1.29, 1.82) is 0 Å². The van der Waals surface area contributed by atoms with Crippen molar-refractivity contribution in [3.8, 4) is 5.75 Å². The van der Waals surface area contributed by atoms with Crippen LogP contribution in [-0.2, 0) is 29.0 Å². The van der Waals surface area contributed by atoms with Crippen molar-refractivity contribution in [3.63, 3.8) is 0 Å². The lowest BCUT2D eigenvalue weighted by Gasteiger charge is -2.28. The van der Waals surface area contributed by atoms with E-state index in [0.29, 0.717) is 38.5 Å². The lowest BCUT2D eigenvalue weighted by Crippen LogP contribution is -2.38. The summed E-state index contributed by atoms with van der Waals surface area (Å²) in [6, 6.07) is 8.09. The standard InChI is InChI=1S/C24H30N4O4/c1-31-18-6-4-16(5-7-18)13-27-10-9-19-20(15-27)25-22(26-23(19)29)17-8-11-28(14-17)24(30)21-3-2-12-32-21/h4-7,17,21H,2-3,8-15H2,1H3,(H,25,26,29). The second kappa shape index (κ2) is 9.03. The highest BCUT2D eigenvalue weighted by atomic mass is 16.5. The summed E-state index contributed by atoms with van der Waals surface area (Å²) in [5.74, 6) is 1.70. The van der Waals surface area contributed by atoms with Crippen LogP contribution in [0.3, 0.4) is 0 Å². The zero-order chi connectivity index (χ0) is 22.1. The Morgan fingerprint density at radius 1 is 1.25 bits per heavy atom. The van der Waals surface area contributed by atoms with Gasteiger partial charge in [0.1, 0.15) is 17.7 Å². The Bertz CT molecular complexity index is 1030. The molecule has 2 unspecified atom stereocenters. The van der Waals surface area contributed by atoms with E-state index in [1.807, 2.05) is 17.0 Å². The summed E-state index contributed by atoms with van der Waals surface area (Å²) in [6.45, 7) is 4.24. The van der Waals surface area contributed by atoms with Crippen LogP contribution >= 0.6 is 0 Å². The van der Waals surface area contributed by atoms with E-state index >= 15 is 0 Å². The lowest BCUT2D eigenvalue weighted by molar-refractivity contribution is -0.139. The van der Waals surface area contributed by atoms with Crippen LogP contribution in [-0.4, -0.2) is 65.1 Å². The number of likely N-dealkylation sites (tertiary alicyclic amines) is 1. The normalized spacial score (nSPS) is 23.3. The molecule has 1 amide bonds. The average molecular weight is 439 g/mol. The number of fused-ring (bicyclic) bond motifs is 1. The van der Waals surface area contributed by atoms with E-state index in [0.717, 1.165) is 49.4 Å². The van der Waals surface area contributed by atoms with Crippen LogP contribution < -0.4 is 10.3 Å². The SMILES string of the molecule is COc1ccc(CN2CCc3c(nc(C4CCN(C(=O)C5CCCO5)C4)[nH]c3=O)C2)cc1. The molecule has 0 radical (unpaired) electrons. The second-order valence-electron chi connectivity index (χ2n) is 8.96. The van der Waals surface area contributed by atoms with Gasteiger partial charge in [-0.05, 0) is 43.4 Å². The number of H-pyrrole nitrogens is 1. The third-order valence-corrected chi connectivity index (χ3v) is 6.83. The highest BCUT2D eigenvalue weighted by Gasteiger charge is 2.35. The number of nitrogens with zero attached hydrogens (tertiary/aromatic N) is 3. The number of amides is 1. The van der Waals surface area contributed by atoms with E-state index in [4.69, 9.17) is 14.5 Å². The fraction of sp³-hybridized carbons (Fsp3) is 0.542. The van der Waals surface area contributed by atoms with Gasteiger partial charge in [0, 0.05) is 50.8 Å². The Morgan fingerprint density at radius 2 is 2.09 bits per heavy atom. The predicted molar refractivity (Wildman–Crippen MR) is 119 cm³/mol. The second-order valence-corrected chi connectivity index (χ2v) is 8.96. The van der Waals surface area contributed by atoms with Crippen LogP contribution in [0.5, 0.6) is 5.75 Å². The van der Waals surface area contributed by atoms with E-state index in [2.05, 4.69) is 22.0 Å². The Hall–Kier alpha value is -2.71. The quantitative estimate of drug-likeness (QED) is 0.766. The number of hydrogen-bond donors (Lipinski definition) is 1. The molecule has 2 aromatic rings. The Morgan fingerprint density at radius 3 is 2.84 bits per heavy atom. The first kappa shape index (κ1) is 21.2. The van der Waals surface area contributed by atoms with Gasteiger partial charge in [-0.3, -0.25) is 14.5 Å². The highest BCUT2D eigenvalue weighted by Crippen LogP contribution is 2.28. The van der Waals surface area contributed by atoms with E-state index in [9.17, 15) is 9.59 Å².